The maximum atomic E-state index is 4.74. The Morgan fingerprint density at radius 1 is 1.75 bits per heavy atom. The fourth-order valence-corrected chi connectivity index (χ4v) is 0. The predicted octanol–water partition coefficient (Wildman–Crippen LogP) is -0.223. The van der Waals surface area contributed by atoms with Crippen LogP contribution < -0.4 is 5.73 Å². The minimum Gasteiger partial charge on any atom is -0.360 e. The van der Waals surface area contributed by atoms with Gasteiger partial charge in [-0.15, -0.1) is 6.54 Å². The van der Waals surface area contributed by atoms with Gasteiger partial charge < -0.3 is 12.7 Å². The summed E-state index contributed by atoms with van der Waals surface area (Å²) >= 11 is 0. The number of rotatable bonds is 0. The monoisotopic (exact) mass is 107 g/mol. The molecule has 0 saturated heterocycles. The molecule has 0 saturated carbocycles. The Kier molecular flexibility index (Phi) is 21.6. The Hall–Kier alpha value is 0.479. The summed E-state index contributed by atoms with van der Waals surface area (Å²) in [7, 11) is 0. The first-order valence-electron chi connectivity index (χ1n) is 0.908. The van der Waals surface area contributed by atoms with E-state index in [1.807, 2.05) is 0 Å². The summed E-state index contributed by atoms with van der Waals surface area (Å²) in [6, 6.07) is 0. The first-order chi connectivity index (χ1) is 1.41. The van der Waals surface area contributed by atoms with Crippen LogP contribution in [0.3, 0.4) is 0 Å². The molecule has 0 aromatic heterocycles. The van der Waals surface area contributed by atoms with Gasteiger partial charge in [-0.2, -0.15) is 0 Å². The van der Waals surface area contributed by atoms with E-state index in [-0.39, 0.29) is 17.1 Å². The molecule has 1 nitrogen and oxygen atoms in total. The second-order valence-corrected chi connectivity index (χ2v) is 0.289. The first-order valence-corrected chi connectivity index (χ1v) is 0.908. The Balaban J connectivity index is 0. The Morgan fingerprint density at radius 2 is 1.75 bits per heavy atom. The molecule has 0 aromatic carbocycles. The number of nitrogens with two attached hydrogens (primary N) is 1. The Labute approximate surface area is 37.0 Å². The minimum atomic E-state index is 0. The average molecular weight is 108 g/mol. The predicted molar refractivity (Wildman–Crippen MR) is 14.4 cm³/mol. The van der Waals surface area contributed by atoms with Crippen molar-refractivity contribution >= 4 is 0 Å². The molecule has 30 valence electrons. The third-order valence-electron chi connectivity index (χ3n) is 0. The van der Waals surface area contributed by atoms with Gasteiger partial charge in [-0.3, -0.25) is 0 Å². The van der Waals surface area contributed by atoms with Crippen LogP contribution in [0.15, 0.2) is 0 Å². The van der Waals surface area contributed by atoms with E-state index in [4.69, 9.17) is 5.73 Å². The molecule has 0 bridgehead atoms. The maximum absolute atomic E-state index is 4.74. The van der Waals surface area contributed by atoms with Gasteiger partial charge in [0.15, 0.2) is 0 Å². The van der Waals surface area contributed by atoms with E-state index in [9.17, 15) is 0 Å². The SMILES string of the molecule is [CH2-]CN.[Cu+]. The van der Waals surface area contributed by atoms with E-state index in [2.05, 4.69) is 6.92 Å². The molecule has 0 spiro atoms. The van der Waals surface area contributed by atoms with Crippen LogP contribution in [0.5, 0.6) is 0 Å². The molecule has 2 N–H and O–H groups in total. The molecule has 0 aliphatic carbocycles. The van der Waals surface area contributed by atoms with E-state index in [0.29, 0.717) is 6.54 Å². The number of hydrogen-bond acceptors (Lipinski definition) is 1. The zero-order valence-corrected chi connectivity index (χ0v) is 3.23. The molecule has 0 rings (SSSR count). The third kappa shape index (κ3) is 23.6. The van der Waals surface area contributed by atoms with Crippen molar-refractivity contribution < 1.29 is 17.1 Å². The van der Waals surface area contributed by atoms with Crippen LogP contribution in [0, 0.1) is 6.92 Å². The zero-order valence-electron chi connectivity index (χ0n) is 2.29. The van der Waals surface area contributed by atoms with Gasteiger partial charge in [0.1, 0.15) is 0 Å². The van der Waals surface area contributed by atoms with E-state index in [1.165, 1.54) is 0 Å². The minimum absolute atomic E-state index is 0. The molecule has 2 heteroatoms. The Bertz CT molecular complexity index is 6.00. The van der Waals surface area contributed by atoms with Crippen LogP contribution in [0.4, 0.5) is 0 Å². The van der Waals surface area contributed by atoms with Crippen LogP contribution in [-0.4, -0.2) is 6.54 Å². The van der Waals surface area contributed by atoms with E-state index in [1.54, 1.807) is 0 Å². The first kappa shape index (κ1) is 8.82. The molecule has 0 amide bonds. The fraction of sp³-hybridized carbons (Fsp3) is 0.500. The Morgan fingerprint density at radius 3 is 1.75 bits per heavy atom. The average Bonchev–Trinajstić information content (AvgIpc) is 0.918. The molecule has 0 aromatic rings. The molecule has 0 heterocycles. The van der Waals surface area contributed by atoms with Crippen molar-refractivity contribution in [2.45, 2.75) is 0 Å². The van der Waals surface area contributed by atoms with Crippen LogP contribution in [-0.2, 0) is 17.1 Å². The summed E-state index contributed by atoms with van der Waals surface area (Å²) in [6.07, 6.45) is 0. The molecule has 0 unspecified atom stereocenters. The van der Waals surface area contributed by atoms with Crippen molar-refractivity contribution in [1.29, 1.82) is 0 Å². The van der Waals surface area contributed by atoms with Crippen molar-refractivity contribution in [3.63, 3.8) is 0 Å². The zero-order chi connectivity index (χ0) is 2.71. The second kappa shape index (κ2) is 9.77. The van der Waals surface area contributed by atoms with Gasteiger partial charge in [0, 0.05) is 0 Å². The van der Waals surface area contributed by atoms with Crippen LogP contribution >= 0.6 is 0 Å². The van der Waals surface area contributed by atoms with Gasteiger partial charge in [-0.05, 0) is 0 Å². The van der Waals surface area contributed by atoms with Crippen molar-refractivity contribution in [1.82, 2.24) is 0 Å². The number of hydrogen-bond donors (Lipinski definition) is 1. The largest absolute Gasteiger partial charge is 1.00 e. The molecule has 0 aliphatic heterocycles. The second-order valence-electron chi connectivity index (χ2n) is 0.289. The van der Waals surface area contributed by atoms with Gasteiger partial charge in [0.05, 0.1) is 0 Å². The van der Waals surface area contributed by atoms with E-state index in [0.717, 1.165) is 0 Å². The van der Waals surface area contributed by atoms with Crippen molar-refractivity contribution in [3.05, 3.63) is 6.92 Å². The van der Waals surface area contributed by atoms with Crippen molar-refractivity contribution in [3.8, 4) is 0 Å². The maximum Gasteiger partial charge on any atom is 1.00 e. The molecule has 0 aliphatic rings. The summed E-state index contributed by atoms with van der Waals surface area (Å²) < 4.78 is 0. The fourth-order valence-electron chi connectivity index (χ4n) is 0. The van der Waals surface area contributed by atoms with Gasteiger partial charge in [0.25, 0.3) is 0 Å². The summed E-state index contributed by atoms with van der Waals surface area (Å²) in [5.41, 5.74) is 4.74. The topological polar surface area (TPSA) is 26.0 Å². The molecular weight excluding hydrogens is 102 g/mol. The van der Waals surface area contributed by atoms with E-state index >= 15 is 0 Å². The normalized spacial score (nSPS) is 4.50. The summed E-state index contributed by atoms with van der Waals surface area (Å²) in [5.74, 6) is 0. The van der Waals surface area contributed by atoms with Gasteiger partial charge in [-0.25, -0.2) is 0 Å². The van der Waals surface area contributed by atoms with Gasteiger partial charge >= 0.3 is 17.1 Å². The summed E-state index contributed by atoms with van der Waals surface area (Å²) in [4.78, 5) is 0. The van der Waals surface area contributed by atoms with Gasteiger partial charge in [-0.1, -0.05) is 0 Å². The molecule has 0 radical (unpaired) electrons. The third-order valence-corrected chi connectivity index (χ3v) is 0. The molecular formula is C2H6CuN. The van der Waals surface area contributed by atoms with E-state index < -0.39 is 0 Å². The molecule has 0 fully saturated rings. The molecule has 4 heavy (non-hydrogen) atoms. The van der Waals surface area contributed by atoms with Crippen molar-refractivity contribution in [2.75, 3.05) is 6.54 Å². The quantitative estimate of drug-likeness (QED) is 0.336. The van der Waals surface area contributed by atoms with Crippen LogP contribution in [0.1, 0.15) is 0 Å². The summed E-state index contributed by atoms with van der Waals surface area (Å²) in [5, 5.41) is 0. The van der Waals surface area contributed by atoms with Crippen molar-refractivity contribution in [2.24, 2.45) is 5.73 Å². The standard InChI is InChI=1S/C2H6N.Cu/c1-2-3;/h1-3H2;/q-1;+1. The smallest absolute Gasteiger partial charge is 0.360 e. The summed E-state index contributed by atoms with van der Waals surface area (Å²) in [6.45, 7) is 3.76. The van der Waals surface area contributed by atoms with Crippen LogP contribution in [0.2, 0.25) is 0 Å². The van der Waals surface area contributed by atoms with Crippen LogP contribution in [0.25, 0.3) is 0 Å². The van der Waals surface area contributed by atoms with Gasteiger partial charge in [0.2, 0.25) is 0 Å². The molecule has 0 atom stereocenters.